The van der Waals surface area contributed by atoms with Crippen molar-refractivity contribution in [2.75, 3.05) is 18.4 Å². The number of nitrogens with zero attached hydrogens (tertiary/aromatic N) is 4. The minimum Gasteiger partial charge on any atom is -0.351 e. The highest BCUT2D eigenvalue weighted by Gasteiger charge is 2.42. The minimum atomic E-state index is -4.86. The summed E-state index contributed by atoms with van der Waals surface area (Å²) in [6.07, 6.45) is 0.779. The first kappa shape index (κ1) is 31.0. The van der Waals surface area contributed by atoms with Gasteiger partial charge in [0.05, 0.1) is 28.7 Å². The maximum Gasteiger partial charge on any atom is 0.416 e. The van der Waals surface area contributed by atoms with Crippen LogP contribution in [0, 0.1) is 5.92 Å². The molecule has 1 aliphatic heterocycles. The van der Waals surface area contributed by atoms with Crippen molar-refractivity contribution in [2.24, 2.45) is 11.7 Å². The number of anilines is 1. The Kier molecular flexibility index (Phi) is 8.52. The van der Waals surface area contributed by atoms with E-state index in [4.69, 9.17) is 10.7 Å². The lowest BCUT2D eigenvalue weighted by atomic mass is 9.87. The lowest BCUT2D eigenvalue weighted by Crippen LogP contribution is -2.54. The quantitative estimate of drug-likeness (QED) is 0.229. The van der Waals surface area contributed by atoms with Gasteiger partial charge >= 0.3 is 12.4 Å². The second-order valence-corrected chi connectivity index (χ2v) is 12.7. The van der Waals surface area contributed by atoms with Gasteiger partial charge in [-0.3, -0.25) is 0 Å². The summed E-state index contributed by atoms with van der Waals surface area (Å²) < 4.78 is 80.5. The Morgan fingerprint density at radius 3 is 2.30 bits per heavy atom. The van der Waals surface area contributed by atoms with Crippen LogP contribution in [-0.4, -0.2) is 50.1 Å². The zero-order chi connectivity index (χ0) is 31.1. The number of hydrazine groups is 1. The maximum atomic E-state index is 13.7. The molecule has 2 aromatic heterocycles. The fourth-order valence-corrected chi connectivity index (χ4v) is 7.13. The van der Waals surface area contributed by atoms with Crippen LogP contribution in [0.5, 0.6) is 0 Å². The minimum absolute atomic E-state index is 0.0771. The molecule has 0 amide bonds. The molecule has 5 N–H and O–H groups in total. The van der Waals surface area contributed by atoms with Crippen LogP contribution in [0.4, 0.5) is 32.3 Å². The number of alkyl halides is 6. The molecule has 8 nitrogen and oxygen atoms in total. The number of rotatable bonds is 7. The molecule has 3 aliphatic rings. The summed E-state index contributed by atoms with van der Waals surface area (Å²) in [5.74, 6) is 0.465. The molecule has 1 aromatic carbocycles. The Bertz CT molecular complexity index is 1430. The van der Waals surface area contributed by atoms with Crippen molar-refractivity contribution in [1.29, 1.82) is 0 Å². The van der Waals surface area contributed by atoms with E-state index in [9.17, 15) is 26.3 Å². The molecule has 2 saturated carbocycles. The Hall–Kier alpha value is -2.97. The van der Waals surface area contributed by atoms with E-state index in [1.165, 1.54) is 0 Å². The average molecular weight is 625 g/mol. The number of aromatic nitrogens is 4. The van der Waals surface area contributed by atoms with Crippen LogP contribution in [0.1, 0.15) is 86.6 Å². The number of aromatic amines is 1. The van der Waals surface area contributed by atoms with Gasteiger partial charge < -0.3 is 16.0 Å². The Morgan fingerprint density at radius 1 is 0.932 bits per heavy atom. The summed E-state index contributed by atoms with van der Waals surface area (Å²) in [7, 11) is 0. The first-order valence-electron chi connectivity index (χ1n) is 15.4. The molecule has 0 spiro atoms. The molecule has 6 rings (SSSR count). The predicted molar refractivity (Wildman–Crippen MR) is 153 cm³/mol. The van der Waals surface area contributed by atoms with Crippen LogP contribution in [0.3, 0.4) is 0 Å². The molecular formula is C30H38F6N8. The number of nitrogens with one attached hydrogen (secondary N) is 3. The average Bonchev–Trinajstić information content (AvgIpc) is 3.64. The van der Waals surface area contributed by atoms with Gasteiger partial charge in [-0.15, -0.1) is 0 Å². The molecule has 0 bridgehead atoms. The summed E-state index contributed by atoms with van der Waals surface area (Å²) >= 11 is 0. The molecule has 3 fully saturated rings. The topological polar surface area (TPSA) is 108 Å². The van der Waals surface area contributed by atoms with E-state index in [-0.39, 0.29) is 36.1 Å². The number of hydrogen-bond acceptors (Lipinski definition) is 7. The fourth-order valence-electron chi connectivity index (χ4n) is 7.13. The van der Waals surface area contributed by atoms with Crippen molar-refractivity contribution < 1.29 is 26.3 Å². The standard InChI is InChI=1S/C30H38F6N8/c31-29(32,33)20-4-3-19(23(16-20)30(34,35)36)15-18-9-13-44(14-10-18)43-28(11-1-2-12-28)25-24-26(39-17-38-24)42-27(41-25)40-22-7-5-21(37)6-8-22/h3-4,16-18,21-22,43H,1-2,5-15,37H2,(H2,38,39,40,41,42). The van der Waals surface area contributed by atoms with Crippen molar-refractivity contribution >= 4 is 17.1 Å². The largest absolute Gasteiger partial charge is 0.416 e. The third-order valence-electron chi connectivity index (χ3n) is 9.54. The Labute approximate surface area is 251 Å². The molecule has 0 radical (unpaired) electrons. The third-order valence-corrected chi connectivity index (χ3v) is 9.54. The van der Waals surface area contributed by atoms with Gasteiger partial charge in [0.2, 0.25) is 5.95 Å². The predicted octanol–water partition coefficient (Wildman–Crippen LogP) is 6.30. The zero-order valence-electron chi connectivity index (χ0n) is 24.4. The zero-order valence-corrected chi connectivity index (χ0v) is 24.4. The summed E-state index contributed by atoms with van der Waals surface area (Å²) in [6, 6.07) is 2.44. The number of hydrogen-bond donors (Lipinski definition) is 4. The summed E-state index contributed by atoms with van der Waals surface area (Å²) in [6.45, 7) is 1.19. The number of benzene rings is 1. The van der Waals surface area contributed by atoms with Crippen molar-refractivity contribution in [3.8, 4) is 0 Å². The molecule has 1 saturated heterocycles. The first-order chi connectivity index (χ1) is 20.9. The Morgan fingerprint density at radius 2 is 1.64 bits per heavy atom. The smallest absolute Gasteiger partial charge is 0.351 e. The van der Waals surface area contributed by atoms with E-state index in [1.807, 2.05) is 0 Å². The molecule has 0 atom stereocenters. The van der Waals surface area contributed by atoms with E-state index in [2.05, 4.69) is 30.7 Å². The van der Waals surface area contributed by atoms with Gasteiger partial charge in [0.25, 0.3) is 0 Å². The van der Waals surface area contributed by atoms with Crippen LogP contribution in [-0.2, 0) is 24.3 Å². The molecular weight excluding hydrogens is 586 g/mol. The lowest BCUT2D eigenvalue weighted by Gasteiger charge is -2.40. The van der Waals surface area contributed by atoms with Crippen molar-refractivity contribution in [3.05, 3.63) is 46.9 Å². The SMILES string of the molecule is NC1CCC(Nc2nc(C3(NN4CCC(Cc5ccc(C(F)(F)F)cc5C(F)(F)F)CC4)CCCC3)c3[nH]cnc3n2)CC1. The van der Waals surface area contributed by atoms with Crippen LogP contribution in [0.25, 0.3) is 11.2 Å². The lowest BCUT2D eigenvalue weighted by molar-refractivity contribution is -0.143. The van der Waals surface area contributed by atoms with Crippen LogP contribution in [0.2, 0.25) is 0 Å². The van der Waals surface area contributed by atoms with Crippen molar-refractivity contribution in [2.45, 2.75) is 101 Å². The molecule has 240 valence electrons. The number of fused-ring (bicyclic) bond motifs is 1. The molecule has 3 aromatic rings. The van der Waals surface area contributed by atoms with Gasteiger partial charge in [-0.2, -0.15) is 31.3 Å². The monoisotopic (exact) mass is 624 g/mol. The number of halogens is 6. The van der Waals surface area contributed by atoms with Crippen LogP contribution >= 0.6 is 0 Å². The summed E-state index contributed by atoms with van der Waals surface area (Å²) in [5.41, 5.74) is 9.04. The third kappa shape index (κ3) is 6.66. The molecule has 0 unspecified atom stereocenters. The molecule has 2 aliphatic carbocycles. The number of H-pyrrole nitrogens is 1. The highest BCUT2D eigenvalue weighted by Crippen LogP contribution is 2.42. The van der Waals surface area contributed by atoms with Gasteiger partial charge in [-0.25, -0.2) is 20.4 Å². The highest BCUT2D eigenvalue weighted by atomic mass is 19.4. The van der Waals surface area contributed by atoms with E-state index < -0.39 is 29.0 Å². The van der Waals surface area contributed by atoms with Gasteiger partial charge in [0.1, 0.15) is 5.52 Å². The van der Waals surface area contributed by atoms with E-state index in [1.54, 1.807) is 6.33 Å². The summed E-state index contributed by atoms with van der Waals surface area (Å²) in [4.78, 5) is 17.4. The number of imidazole rings is 1. The fraction of sp³-hybridized carbons (Fsp3) is 0.633. The van der Waals surface area contributed by atoms with Crippen LogP contribution in [0.15, 0.2) is 24.5 Å². The van der Waals surface area contributed by atoms with E-state index in [0.717, 1.165) is 74.7 Å². The van der Waals surface area contributed by atoms with Crippen molar-refractivity contribution in [1.82, 2.24) is 30.4 Å². The van der Waals surface area contributed by atoms with Crippen molar-refractivity contribution in [3.63, 3.8) is 0 Å². The first-order valence-corrected chi connectivity index (χ1v) is 15.4. The Balaban J connectivity index is 1.16. The van der Waals surface area contributed by atoms with Crippen LogP contribution < -0.4 is 16.5 Å². The molecule has 3 heterocycles. The summed E-state index contributed by atoms with van der Waals surface area (Å²) in [5, 5.41) is 5.63. The maximum absolute atomic E-state index is 13.7. The number of nitrogens with two attached hydrogens (primary N) is 1. The highest BCUT2D eigenvalue weighted by molar-refractivity contribution is 5.75. The van der Waals surface area contributed by atoms with Gasteiger partial charge in [-0.1, -0.05) is 18.9 Å². The normalized spacial score (nSPS) is 23.8. The number of piperidine rings is 1. The molecule has 44 heavy (non-hydrogen) atoms. The van der Waals surface area contributed by atoms with Gasteiger partial charge in [0.15, 0.2) is 5.65 Å². The van der Waals surface area contributed by atoms with Gasteiger partial charge in [-0.05, 0) is 81.4 Å². The molecule has 14 heteroatoms. The second-order valence-electron chi connectivity index (χ2n) is 12.7. The second kappa shape index (κ2) is 12.1. The van der Waals surface area contributed by atoms with E-state index in [0.29, 0.717) is 37.5 Å². The van der Waals surface area contributed by atoms with E-state index >= 15 is 0 Å². The van der Waals surface area contributed by atoms with Gasteiger partial charge in [0, 0.05) is 25.2 Å².